The Balaban J connectivity index is 1.21. The van der Waals surface area contributed by atoms with E-state index in [9.17, 15) is 9.59 Å². The monoisotopic (exact) mass is 410 g/mol. The van der Waals surface area contributed by atoms with Crippen LogP contribution < -0.4 is 5.32 Å². The Labute approximate surface area is 177 Å². The Morgan fingerprint density at radius 1 is 1.07 bits per heavy atom. The number of carbonyl (C=O) groups excluding carboxylic acids is 2. The molecule has 0 bridgehead atoms. The molecule has 160 valence electrons. The first kappa shape index (κ1) is 20.5. The molecule has 1 N–H and O–H groups in total. The van der Waals surface area contributed by atoms with Gasteiger partial charge in [-0.05, 0) is 43.7 Å². The lowest BCUT2D eigenvalue weighted by molar-refractivity contribution is -0.131. The van der Waals surface area contributed by atoms with Crippen LogP contribution in [0.3, 0.4) is 0 Å². The second kappa shape index (κ2) is 9.82. The van der Waals surface area contributed by atoms with E-state index in [1.807, 2.05) is 35.2 Å². The van der Waals surface area contributed by atoms with E-state index < -0.39 is 0 Å². The smallest absolute Gasteiger partial charge is 0.222 e. The molecule has 1 saturated carbocycles. The zero-order chi connectivity index (χ0) is 20.8. The molecule has 1 saturated heterocycles. The van der Waals surface area contributed by atoms with Crippen molar-refractivity contribution < 1.29 is 9.59 Å². The zero-order valence-corrected chi connectivity index (χ0v) is 17.4. The highest BCUT2D eigenvalue weighted by atomic mass is 16.2. The number of amides is 2. The number of carbonyl (C=O) groups is 2. The first-order chi connectivity index (χ1) is 14.7. The summed E-state index contributed by atoms with van der Waals surface area (Å²) < 4.78 is 0. The van der Waals surface area contributed by atoms with E-state index in [1.165, 1.54) is 0 Å². The van der Waals surface area contributed by atoms with Gasteiger partial charge in [-0.15, -0.1) is 10.2 Å². The fourth-order valence-corrected chi connectivity index (χ4v) is 4.35. The van der Waals surface area contributed by atoms with Gasteiger partial charge >= 0.3 is 0 Å². The molecule has 8 heteroatoms. The number of nitrogens with zero attached hydrogens (tertiary/aromatic N) is 5. The lowest BCUT2D eigenvalue weighted by Gasteiger charge is -2.28. The molecular weight excluding hydrogens is 380 g/mol. The first-order valence-electron chi connectivity index (χ1n) is 11.1. The predicted octanol–water partition coefficient (Wildman–Crippen LogP) is 2.73. The van der Waals surface area contributed by atoms with Crippen molar-refractivity contribution >= 4 is 11.8 Å². The topological polar surface area (TPSA) is 93.0 Å². The van der Waals surface area contributed by atoms with Crippen LogP contribution in [0.25, 0.3) is 11.4 Å². The van der Waals surface area contributed by atoms with E-state index in [-0.39, 0.29) is 23.9 Å². The van der Waals surface area contributed by atoms with Gasteiger partial charge < -0.3 is 10.2 Å². The van der Waals surface area contributed by atoms with Gasteiger partial charge in [-0.25, -0.2) is 0 Å². The average Bonchev–Trinajstić information content (AvgIpc) is 3.18. The third-order valence-electron chi connectivity index (χ3n) is 6.13. The van der Waals surface area contributed by atoms with Crippen LogP contribution in [0, 0.1) is 0 Å². The van der Waals surface area contributed by atoms with Gasteiger partial charge in [0.05, 0.1) is 6.04 Å². The molecule has 0 unspecified atom stereocenters. The van der Waals surface area contributed by atoms with Crippen LogP contribution >= 0.6 is 0 Å². The fraction of sp³-hybridized carbons (Fsp3) is 0.591. The van der Waals surface area contributed by atoms with Crippen molar-refractivity contribution in [3.05, 3.63) is 30.3 Å². The molecule has 1 aliphatic heterocycles. The Kier molecular flexibility index (Phi) is 6.71. The summed E-state index contributed by atoms with van der Waals surface area (Å²) in [4.78, 5) is 28.0. The third kappa shape index (κ3) is 5.23. The van der Waals surface area contributed by atoms with Gasteiger partial charge in [-0.1, -0.05) is 36.8 Å². The second-order valence-corrected chi connectivity index (χ2v) is 8.31. The summed E-state index contributed by atoms with van der Waals surface area (Å²) in [5.74, 6) is 0.880. The summed E-state index contributed by atoms with van der Waals surface area (Å²) in [6.45, 7) is 1.32. The molecule has 1 aliphatic carbocycles. The lowest BCUT2D eigenvalue weighted by Crippen LogP contribution is -2.40. The summed E-state index contributed by atoms with van der Waals surface area (Å²) in [6.07, 6.45) is 7.76. The number of rotatable bonds is 6. The first-order valence-corrected chi connectivity index (χ1v) is 11.1. The number of likely N-dealkylation sites (tertiary alicyclic amines) is 1. The summed E-state index contributed by atoms with van der Waals surface area (Å²) in [5, 5.41) is 16.1. The molecule has 1 aromatic carbocycles. The van der Waals surface area contributed by atoms with Crippen LogP contribution in [-0.4, -0.2) is 56.1 Å². The molecule has 2 amide bonds. The largest absolute Gasteiger partial charge is 0.353 e. The molecule has 0 radical (unpaired) electrons. The highest BCUT2D eigenvalue weighted by molar-refractivity contribution is 5.79. The maximum atomic E-state index is 12.4. The number of hydrogen-bond donors (Lipinski definition) is 1. The van der Waals surface area contributed by atoms with Crippen molar-refractivity contribution in [1.29, 1.82) is 0 Å². The molecule has 30 heavy (non-hydrogen) atoms. The van der Waals surface area contributed by atoms with Gasteiger partial charge in [-0.2, -0.15) is 4.80 Å². The standard InChI is InChI=1S/C22H30N6O2/c29-20(14-16-27-15-6-2-5-9-21(27)30)23-18-10-12-19(13-11-18)28-25-22(24-26-28)17-7-3-1-4-8-17/h1,3-4,7-8,18-19H,2,5-6,9-16H2,(H,23,29). The predicted molar refractivity (Wildman–Crippen MR) is 112 cm³/mol. The molecular formula is C22H30N6O2. The fourth-order valence-electron chi connectivity index (χ4n) is 4.35. The second-order valence-electron chi connectivity index (χ2n) is 8.31. The Morgan fingerprint density at radius 3 is 2.67 bits per heavy atom. The van der Waals surface area contributed by atoms with Crippen molar-refractivity contribution in [2.45, 2.75) is 69.9 Å². The van der Waals surface area contributed by atoms with E-state index in [0.29, 0.717) is 25.2 Å². The lowest BCUT2D eigenvalue weighted by atomic mass is 9.91. The van der Waals surface area contributed by atoms with Crippen LogP contribution in [0.1, 0.15) is 63.8 Å². The van der Waals surface area contributed by atoms with Gasteiger partial charge in [0.1, 0.15) is 0 Å². The summed E-state index contributed by atoms with van der Waals surface area (Å²) >= 11 is 0. The summed E-state index contributed by atoms with van der Waals surface area (Å²) in [7, 11) is 0. The minimum Gasteiger partial charge on any atom is -0.353 e. The summed E-state index contributed by atoms with van der Waals surface area (Å²) in [6, 6.07) is 10.3. The third-order valence-corrected chi connectivity index (χ3v) is 6.13. The summed E-state index contributed by atoms with van der Waals surface area (Å²) in [5.41, 5.74) is 0.965. The van der Waals surface area contributed by atoms with Gasteiger partial charge in [0.2, 0.25) is 17.6 Å². The number of nitrogens with one attached hydrogen (secondary N) is 1. The quantitative estimate of drug-likeness (QED) is 0.790. The Hall–Kier alpha value is -2.77. The van der Waals surface area contributed by atoms with Gasteiger partial charge in [0.25, 0.3) is 0 Å². The molecule has 0 atom stereocenters. The maximum Gasteiger partial charge on any atom is 0.222 e. The minimum atomic E-state index is 0.0424. The van der Waals surface area contributed by atoms with E-state index in [0.717, 1.165) is 57.1 Å². The van der Waals surface area contributed by atoms with Crippen molar-refractivity contribution in [2.75, 3.05) is 13.1 Å². The minimum absolute atomic E-state index is 0.0424. The Morgan fingerprint density at radius 2 is 1.87 bits per heavy atom. The highest BCUT2D eigenvalue weighted by Crippen LogP contribution is 2.28. The van der Waals surface area contributed by atoms with E-state index in [2.05, 4.69) is 20.7 Å². The molecule has 4 rings (SSSR count). The molecule has 2 fully saturated rings. The van der Waals surface area contributed by atoms with Crippen molar-refractivity contribution in [1.82, 2.24) is 30.4 Å². The molecule has 2 aliphatic rings. The van der Waals surface area contributed by atoms with Crippen molar-refractivity contribution in [3.63, 3.8) is 0 Å². The van der Waals surface area contributed by atoms with E-state index in [4.69, 9.17) is 0 Å². The maximum absolute atomic E-state index is 12.4. The van der Waals surface area contributed by atoms with Crippen molar-refractivity contribution in [3.8, 4) is 11.4 Å². The van der Waals surface area contributed by atoms with Crippen LogP contribution in [0.5, 0.6) is 0 Å². The number of aromatic nitrogens is 4. The van der Waals surface area contributed by atoms with E-state index in [1.54, 1.807) is 4.80 Å². The highest BCUT2D eigenvalue weighted by Gasteiger charge is 2.26. The molecule has 2 heterocycles. The van der Waals surface area contributed by atoms with Gasteiger partial charge in [0, 0.05) is 37.5 Å². The number of benzene rings is 1. The molecule has 2 aromatic rings. The molecule has 1 aromatic heterocycles. The number of hydrogen-bond acceptors (Lipinski definition) is 5. The molecule has 8 nitrogen and oxygen atoms in total. The average molecular weight is 411 g/mol. The Bertz CT molecular complexity index is 844. The normalized spacial score (nSPS) is 22.5. The van der Waals surface area contributed by atoms with Crippen molar-refractivity contribution in [2.24, 2.45) is 0 Å². The van der Waals surface area contributed by atoms with Gasteiger partial charge in [-0.3, -0.25) is 9.59 Å². The van der Waals surface area contributed by atoms with Crippen LogP contribution in [0.2, 0.25) is 0 Å². The van der Waals surface area contributed by atoms with Crippen LogP contribution in [0.4, 0.5) is 0 Å². The van der Waals surface area contributed by atoms with E-state index >= 15 is 0 Å². The zero-order valence-electron chi connectivity index (χ0n) is 17.4. The SMILES string of the molecule is O=C(CCN1CCCCCC1=O)NC1CCC(n2nnc(-c3ccccc3)n2)CC1. The van der Waals surface area contributed by atoms with Gasteiger partial charge in [0.15, 0.2) is 0 Å². The molecule has 0 spiro atoms. The number of tetrazole rings is 1. The van der Waals surface area contributed by atoms with Crippen LogP contribution in [-0.2, 0) is 9.59 Å². The van der Waals surface area contributed by atoms with Crippen LogP contribution in [0.15, 0.2) is 30.3 Å².